The van der Waals surface area contributed by atoms with Crippen molar-refractivity contribution in [3.05, 3.63) is 13.8 Å². The molecule has 0 radical (unpaired) electrons. The molecular weight excluding hydrogens is 2090 g/mol. The quantitative estimate of drug-likeness (QED) is 0.120. The summed E-state index contributed by atoms with van der Waals surface area (Å²) in [4.78, 5) is 38.9. The van der Waals surface area contributed by atoms with Crippen molar-refractivity contribution in [2.75, 3.05) is 39.3 Å². The summed E-state index contributed by atoms with van der Waals surface area (Å²) in [5.74, 6) is 3.10. The fraction of sp³-hybridized carbons (Fsp3) is 0.912. The number of Topliss-reactive ketones (excluding diaryl/α,β-unsaturated/α-hetero) is 1. The summed E-state index contributed by atoms with van der Waals surface area (Å²) in [7, 11) is 0.628. The number of ether oxygens (including phenoxy) is 2. The van der Waals surface area contributed by atoms with Crippen molar-refractivity contribution in [2.24, 2.45) is 23.5 Å². The second kappa shape index (κ2) is 55.4. The first-order valence-electron chi connectivity index (χ1n) is 29.0. The minimum absolute atomic E-state index is 0.261. The van der Waals surface area contributed by atoms with Crippen LogP contribution in [0, 0.1) is 31.6 Å². The van der Waals surface area contributed by atoms with Crippen molar-refractivity contribution in [1.82, 2.24) is 25.8 Å². The van der Waals surface area contributed by atoms with E-state index < -0.39 is 11.2 Å². The van der Waals surface area contributed by atoms with Crippen molar-refractivity contribution in [2.45, 2.75) is 277 Å². The normalized spacial score (nSPS) is 24.5. The van der Waals surface area contributed by atoms with E-state index >= 15 is 0 Å². The summed E-state index contributed by atoms with van der Waals surface area (Å²) in [6.07, 6.45) is 23.0. The van der Waals surface area contributed by atoms with Gasteiger partial charge in [-0.15, -0.1) is 0 Å². The van der Waals surface area contributed by atoms with E-state index in [0.717, 1.165) is 106 Å². The van der Waals surface area contributed by atoms with Crippen LogP contribution < -0.4 is 34.9 Å². The van der Waals surface area contributed by atoms with E-state index in [4.69, 9.17) is 15.2 Å². The van der Waals surface area contributed by atoms with Crippen LogP contribution >= 0.6 is 160 Å². The average molecular weight is 2210 g/mol. The maximum atomic E-state index is 11.9. The van der Waals surface area contributed by atoms with Crippen LogP contribution in [0.15, 0.2) is 0 Å². The van der Waals surface area contributed by atoms with Gasteiger partial charge in [0.1, 0.15) is 17.0 Å². The van der Waals surface area contributed by atoms with Crippen LogP contribution in [0.3, 0.4) is 0 Å². The molecule has 1 atom stereocenters. The van der Waals surface area contributed by atoms with Gasteiger partial charge in [-0.1, -0.05) is 64.1 Å². The van der Waals surface area contributed by atoms with Crippen LogP contribution in [0.25, 0.3) is 0 Å². The molecule has 22 heteroatoms. The molecule has 3 heterocycles. The van der Waals surface area contributed by atoms with Crippen molar-refractivity contribution in [1.29, 1.82) is 0 Å². The fourth-order valence-electron chi connectivity index (χ4n) is 9.40. The van der Waals surface area contributed by atoms with Gasteiger partial charge in [0, 0.05) is 72.1 Å². The molecule has 0 aromatic carbocycles. The van der Waals surface area contributed by atoms with Gasteiger partial charge in [-0.3, -0.25) is 14.6 Å². The van der Waals surface area contributed by atoms with Crippen molar-refractivity contribution in [3.63, 3.8) is 0 Å². The molecule has 5 N–H and O–H groups in total. The van der Waals surface area contributed by atoms with E-state index in [2.05, 4.69) is 248 Å². The molecule has 79 heavy (non-hydrogen) atoms. The number of alkyl carbamates (subject to hydrolysis) is 2. The van der Waals surface area contributed by atoms with Crippen LogP contribution in [0.2, 0.25) is 0 Å². The van der Waals surface area contributed by atoms with Crippen LogP contribution in [0.5, 0.6) is 0 Å². The SMILES string of the molecule is CC(C)(C)OC(=O)NC1CCNCC1.CC1CCC(=O)CC1.CC1CCC(C)(N2CCC(N)CC2)CC1.CC1CCC(C)(N2CCC(NC(=O)OC(C)(C)C)CC2)CC1.CCC(C)I.I[I-]I.[CH2-]C.[CH2-]CC.[I][V]([I])[I].[I][V][I]. The summed E-state index contributed by atoms with van der Waals surface area (Å²) < 4.78 is 11.4. The van der Waals surface area contributed by atoms with Crippen molar-refractivity contribution in [3.8, 4) is 0 Å². The third kappa shape index (κ3) is 56.3. The number of ketones is 1. The van der Waals surface area contributed by atoms with E-state index in [1.807, 2.05) is 48.5 Å². The summed E-state index contributed by atoms with van der Waals surface area (Å²) in [6, 6.07) is 0.996. The molecule has 3 saturated heterocycles. The van der Waals surface area contributed by atoms with Gasteiger partial charge in [-0.2, -0.15) is 13.3 Å². The molecule has 6 rings (SSSR count). The molecule has 2 amide bonds. The molecule has 11 nitrogen and oxygen atoms in total. The third-order valence-corrected chi connectivity index (χ3v) is 15.3. The number of nitrogens with two attached hydrogens (primary N) is 1. The first kappa shape index (κ1) is 91.2. The van der Waals surface area contributed by atoms with E-state index in [0.29, 0.717) is 45.6 Å². The number of amides is 2. The Hall–Kier alpha value is 5.79. The number of carbonyl (C=O) groups excluding carboxylic acids is 3. The van der Waals surface area contributed by atoms with Gasteiger partial charge in [0.05, 0.1) is 0 Å². The summed E-state index contributed by atoms with van der Waals surface area (Å²) in [5.41, 5.74) is 6.01. The number of carbonyl (C=O) groups is 3. The van der Waals surface area contributed by atoms with Crippen LogP contribution in [-0.4, -0.2) is 111 Å². The van der Waals surface area contributed by atoms with E-state index in [1.54, 1.807) is 6.92 Å². The Labute approximate surface area is 598 Å². The standard InChI is InChI=1S/C18H34N2O2.C13H26N2.C10H20N2O2.C7H12O.C4H9I.C3H7.C2H5.I3.5HI.2V/c1-14-6-10-18(5,11-7-14)20-12-8-15(9-13-20)19-16(21)22-17(2,3)4;1-11-3-7-13(2,8-4-11)15-9-5-12(14)6-10-15;1-10(2,3)14-9(13)12-8-4-6-11-7-5-8;1-6-2-4-7(8)5-3-6;1-3-4(2)5;1-3-2;1-2;1-3-2;;;;;;;/h14-15H,6-13H2,1-5H3,(H,19,21);11-12H,3-10,14H2,1-2H3;8,11H,4-7H2,1-3H3,(H,12,13);6H,2-5H2,1H3;4H,3H2,1-2H3;1,3H2,2H3;1H2,2H3;;5*1H;;/q;;;;;3*-1;;;;;;+2;+3/p-5. The van der Waals surface area contributed by atoms with Crippen LogP contribution in [0.4, 0.5) is 9.59 Å². The first-order valence-corrected chi connectivity index (χ1v) is 65.3. The maximum absolute atomic E-state index is 11.9. The van der Waals surface area contributed by atoms with Gasteiger partial charge < -0.3 is 45.0 Å². The number of piperidine rings is 3. The molecule has 6 fully saturated rings. The van der Waals surface area contributed by atoms with Gasteiger partial charge in [0.25, 0.3) is 0 Å². The number of rotatable bonds is 5. The van der Waals surface area contributed by atoms with Crippen molar-refractivity contribution >= 4 is 178 Å². The van der Waals surface area contributed by atoms with Crippen LogP contribution in [-0.2, 0) is 28.7 Å². The topological polar surface area (TPSA) is 138 Å². The number of hydrogen-bond donors (Lipinski definition) is 4. The Balaban J connectivity index is -0.000000438. The zero-order chi connectivity index (χ0) is 61.8. The number of alkyl halides is 1. The summed E-state index contributed by atoms with van der Waals surface area (Å²) in [6.45, 7) is 44.7. The molecule has 0 bridgehead atoms. The molecule has 0 spiro atoms. The van der Waals surface area contributed by atoms with Gasteiger partial charge in [-0.25, -0.2) is 9.59 Å². The van der Waals surface area contributed by atoms with Gasteiger partial charge >= 0.3 is 177 Å². The van der Waals surface area contributed by atoms with Crippen molar-refractivity contribution < 1.29 is 51.5 Å². The zero-order valence-electron chi connectivity index (χ0n) is 51.6. The molecule has 0 aromatic heterocycles. The summed E-state index contributed by atoms with van der Waals surface area (Å²) >= 11 is 19.8. The predicted octanol–water partition coefficient (Wildman–Crippen LogP) is 16.8. The number of halogens is 9. The predicted molar refractivity (Wildman–Crippen MR) is 401 cm³/mol. The second-order valence-electron chi connectivity index (χ2n) is 24.0. The van der Waals surface area contributed by atoms with Crippen LogP contribution in [0.1, 0.15) is 232 Å². The number of hydrogen-bond acceptors (Lipinski definition) is 9. The molecule has 1 unspecified atom stereocenters. The Morgan fingerprint density at radius 1 is 0.709 bits per heavy atom. The minimum atomic E-state index is -0.420. The molecule has 3 saturated carbocycles. The Kier molecular flexibility index (Phi) is 64.0. The van der Waals surface area contributed by atoms with Gasteiger partial charge in [0.2, 0.25) is 0 Å². The van der Waals surface area contributed by atoms with E-state index in [1.165, 1.54) is 83.7 Å². The molecule has 3 aliphatic carbocycles. The van der Waals surface area contributed by atoms with Gasteiger partial charge in [0.15, 0.2) is 0 Å². The Bertz CT molecular complexity index is 1420. The third-order valence-electron chi connectivity index (χ3n) is 14.4. The first-order chi connectivity index (χ1) is 36.8. The molecule has 477 valence electrons. The van der Waals surface area contributed by atoms with E-state index in [9.17, 15) is 14.4 Å². The van der Waals surface area contributed by atoms with Gasteiger partial charge in [-0.05, 0) is 195 Å². The zero-order valence-corrected chi connectivity index (χ0v) is 73.9. The number of likely N-dealkylation sites (tertiary alicyclic amines) is 2. The average Bonchev–Trinajstić information content (AvgIpc) is 3.36. The molecular formula is C57H113I9N6O5V2-3. The number of nitrogens with zero attached hydrogens (tertiary/aromatic N) is 2. The Morgan fingerprint density at radius 2 is 0.975 bits per heavy atom. The second-order valence-corrected chi connectivity index (χ2v) is 89.5. The number of nitrogens with one attached hydrogen (secondary N) is 3. The molecule has 0 aromatic rings. The molecule has 3 aliphatic heterocycles. The van der Waals surface area contributed by atoms with E-state index in [-0.39, 0.29) is 29.2 Å². The summed E-state index contributed by atoms with van der Waals surface area (Å²) in [5, 5.41) is 9.15. The Morgan fingerprint density at radius 3 is 1.24 bits per heavy atom. The monoisotopic (exact) mass is 2210 g/mol. The molecule has 6 aliphatic rings. The fourth-order valence-corrected chi connectivity index (χ4v) is 9.40.